The van der Waals surface area contributed by atoms with E-state index in [0.717, 1.165) is 13.0 Å². The molecule has 5 atom stereocenters. The number of carbonyl (C=O) groups is 3. The smallest absolute Gasteiger partial charge is 0.242 e. The van der Waals surface area contributed by atoms with E-state index in [0.29, 0.717) is 13.1 Å². The molecule has 2 aliphatic heterocycles. The van der Waals surface area contributed by atoms with Crippen LogP contribution in [-0.4, -0.2) is 59.7 Å². The molecule has 2 bridgehead atoms. The maximum absolute atomic E-state index is 12.9. The lowest BCUT2D eigenvalue weighted by Crippen LogP contribution is -2.56. The highest BCUT2D eigenvalue weighted by Gasteiger charge is 2.59. The van der Waals surface area contributed by atoms with E-state index in [1.807, 2.05) is 0 Å². The molecule has 0 aromatic heterocycles. The topological polar surface area (TPSA) is 60.9 Å². The maximum atomic E-state index is 12.9. The second kappa shape index (κ2) is 6.71. The standard InChI is InChI=1S/C23H27N3O3/c1-14-4-3-5-18(10-14)25-9-8-24(12-15(25)2)19(27)13-26-22(28)20-16-6-7-17(11-16)21(20)23(26)29/h3-7,10,15-17,20-21H,8-9,11-13H2,1-2H3/t15-,16+,17+,20-,21+/m1/s1. The van der Waals surface area contributed by atoms with Crippen LogP contribution in [0.2, 0.25) is 0 Å². The normalized spacial score (nSPS) is 33.0. The molecule has 1 aromatic rings. The molecule has 3 fully saturated rings. The third-order valence-corrected chi connectivity index (χ3v) is 7.17. The van der Waals surface area contributed by atoms with E-state index in [-0.39, 0.29) is 54.0 Å². The molecule has 0 spiro atoms. The molecular formula is C23H27N3O3. The van der Waals surface area contributed by atoms with Gasteiger partial charge >= 0.3 is 0 Å². The van der Waals surface area contributed by atoms with E-state index in [1.54, 1.807) is 4.90 Å². The number of piperazine rings is 1. The van der Waals surface area contributed by atoms with Crippen molar-refractivity contribution < 1.29 is 14.4 Å². The van der Waals surface area contributed by atoms with Crippen LogP contribution in [0.15, 0.2) is 36.4 Å². The van der Waals surface area contributed by atoms with Crippen molar-refractivity contribution in [3.63, 3.8) is 0 Å². The first-order valence-electron chi connectivity index (χ1n) is 10.6. The van der Waals surface area contributed by atoms with Gasteiger partial charge in [0.25, 0.3) is 0 Å². The van der Waals surface area contributed by atoms with Gasteiger partial charge < -0.3 is 9.80 Å². The van der Waals surface area contributed by atoms with Crippen LogP contribution >= 0.6 is 0 Å². The lowest BCUT2D eigenvalue weighted by atomic mass is 9.85. The average molecular weight is 393 g/mol. The minimum absolute atomic E-state index is 0.110. The molecule has 1 saturated carbocycles. The lowest BCUT2D eigenvalue weighted by molar-refractivity contribution is -0.147. The second-order valence-electron chi connectivity index (χ2n) is 8.98. The van der Waals surface area contributed by atoms with Gasteiger partial charge in [-0.1, -0.05) is 24.3 Å². The number of benzene rings is 1. The van der Waals surface area contributed by atoms with Crippen LogP contribution in [0.1, 0.15) is 18.9 Å². The van der Waals surface area contributed by atoms with Crippen LogP contribution in [0, 0.1) is 30.6 Å². The summed E-state index contributed by atoms with van der Waals surface area (Å²) in [7, 11) is 0. The molecule has 29 heavy (non-hydrogen) atoms. The number of anilines is 1. The molecule has 2 aliphatic carbocycles. The molecule has 4 aliphatic rings. The number of rotatable bonds is 3. The quantitative estimate of drug-likeness (QED) is 0.581. The molecule has 0 N–H and O–H groups in total. The van der Waals surface area contributed by atoms with Crippen LogP contribution < -0.4 is 4.90 Å². The third-order valence-electron chi connectivity index (χ3n) is 7.17. The van der Waals surface area contributed by atoms with Crippen molar-refractivity contribution in [2.45, 2.75) is 26.3 Å². The summed E-state index contributed by atoms with van der Waals surface area (Å²) in [5, 5.41) is 0. The number of fused-ring (bicyclic) bond motifs is 5. The Morgan fingerprint density at radius 2 is 1.76 bits per heavy atom. The van der Waals surface area contributed by atoms with E-state index in [4.69, 9.17) is 0 Å². The molecule has 1 aromatic carbocycles. The van der Waals surface area contributed by atoms with Gasteiger partial charge in [0.1, 0.15) is 6.54 Å². The third kappa shape index (κ3) is 2.88. The Balaban J connectivity index is 1.24. The van der Waals surface area contributed by atoms with Gasteiger partial charge in [0.2, 0.25) is 17.7 Å². The largest absolute Gasteiger partial charge is 0.365 e. The van der Waals surface area contributed by atoms with Crippen LogP contribution in [0.25, 0.3) is 0 Å². The van der Waals surface area contributed by atoms with Crippen LogP contribution in [0.5, 0.6) is 0 Å². The van der Waals surface area contributed by atoms with Gasteiger partial charge in [0.15, 0.2) is 0 Å². The zero-order chi connectivity index (χ0) is 20.3. The first-order chi connectivity index (χ1) is 13.9. The van der Waals surface area contributed by atoms with E-state index in [9.17, 15) is 14.4 Å². The van der Waals surface area contributed by atoms with Crippen molar-refractivity contribution >= 4 is 23.4 Å². The fourth-order valence-electron chi connectivity index (χ4n) is 5.73. The van der Waals surface area contributed by atoms with Crippen LogP contribution in [0.4, 0.5) is 5.69 Å². The number of hydrogen-bond donors (Lipinski definition) is 0. The summed E-state index contributed by atoms with van der Waals surface area (Å²) < 4.78 is 0. The number of nitrogens with zero attached hydrogens (tertiary/aromatic N) is 3. The first-order valence-corrected chi connectivity index (χ1v) is 10.6. The molecular weight excluding hydrogens is 366 g/mol. The Labute approximate surface area is 171 Å². The highest BCUT2D eigenvalue weighted by Crippen LogP contribution is 2.52. The van der Waals surface area contributed by atoms with Crippen molar-refractivity contribution in [1.82, 2.24) is 9.80 Å². The van der Waals surface area contributed by atoms with Gasteiger partial charge in [-0.05, 0) is 49.8 Å². The van der Waals surface area contributed by atoms with Crippen molar-refractivity contribution in [2.75, 3.05) is 31.1 Å². The molecule has 3 amide bonds. The Bertz CT molecular complexity index is 880. The Morgan fingerprint density at radius 1 is 1.07 bits per heavy atom. The Kier molecular flexibility index (Phi) is 4.26. The van der Waals surface area contributed by atoms with E-state index in [2.05, 4.69) is 55.2 Å². The molecule has 0 unspecified atom stereocenters. The molecule has 152 valence electrons. The predicted molar refractivity (Wildman–Crippen MR) is 109 cm³/mol. The van der Waals surface area contributed by atoms with Crippen molar-refractivity contribution in [3.05, 3.63) is 42.0 Å². The number of allylic oxidation sites excluding steroid dienone is 2. The zero-order valence-corrected chi connectivity index (χ0v) is 17.0. The monoisotopic (exact) mass is 393 g/mol. The highest BCUT2D eigenvalue weighted by molar-refractivity contribution is 6.08. The summed E-state index contributed by atoms with van der Waals surface area (Å²) >= 11 is 0. The summed E-state index contributed by atoms with van der Waals surface area (Å²) in [5.74, 6) is -0.514. The number of hydrogen-bond acceptors (Lipinski definition) is 4. The number of carbonyl (C=O) groups excluding carboxylic acids is 3. The minimum atomic E-state index is -0.234. The summed E-state index contributed by atoms with van der Waals surface area (Å²) in [5.41, 5.74) is 2.39. The number of amides is 3. The minimum Gasteiger partial charge on any atom is -0.365 e. The Hall–Kier alpha value is -2.63. The van der Waals surface area contributed by atoms with Crippen molar-refractivity contribution in [2.24, 2.45) is 23.7 Å². The first kappa shape index (κ1) is 18.4. The number of imide groups is 1. The molecule has 6 heteroatoms. The van der Waals surface area contributed by atoms with Crippen molar-refractivity contribution in [3.8, 4) is 0 Å². The summed E-state index contributed by atoms with van der Waals surface area (Å²) in [6.07, 6.45) is 5.07. The molecule has 2 heterocycles. The second-order valence-corrected chi connectivity index (χ2v) is 8.98. The highest BCUT2D eigenvalue weighted by atomic mass is 16.2. The van der Waals surface area contributed by atoms with Gasteiger partial charge in [-0.25, -0.2) is 0 Å². The fourth-order valence-corrected chi connectivity index (χ4v) is 5.73. The van der Waals surface area contributed by atoms with E-state index >= 15 is 0 Å². The fraction of sp³-hybridized carbons (Fsp3) is 0.522. The van der Waals surface area contributed by atoms with Crippen molar-refractivity contribution in [1.29, 1.82) is 0 Å². The van der Waals surface area contributed by atoms with Gasteiger partial charge in [0.05, 0.1) is 11.8 Å². The summed E-state index contributed by atoms with van der Waals surface area (Å²) in [4.78, 5) is 44.0. The van der Waals surface area contributed by atoms with Gasteiger partial charge in [-0.3, -0.25) is 19.3 Å². The molecule has 6 nitrogen and oxygen atoms in total. The average Bonchev–Trinajstić information content (AvgIpc) is 3.38. The Morgan fingerprint density at radius 3 is 2.38 bits per heavy atom. The lowest BCUT2D eigenvalue weighted by Gasteiger charge is -2.41. The van der Waals surface area contributed by atoms with Gasteiger partial charge in [-0.15, -0.1) is 0 Å². The van der Waals surface area contributed by atoms with Gasteiger partial charge in [-0.2, -0.15) is 0 Å². The number of likely N-dealkylation sites (tertiary alicyclic amines) is 1. The zero-order valence-electron chi connectivity index (χ0n) is 17.0. The van der Waals surface area contributed by atoms with Crippen LogP contribution in [0.3, 0.4) is 0 Å². The van der Waals surface area contributed by atoms with E-state index in [1.165, 1.54) is 16.2 Å². The summed E-state index contributed by atoms with van der Waals surface area (Å²) in [6.45, 7) is 6.03. The number of aryl methyl sites for hydroxylation is 1. The summed E-state index contributed by atoms with van der Waals surface area (Å²) in [6, 6.07) is 8.58. The molecule has 2 saturated heterocycles. The SMILES string of the molecule is Cc1cccc(N2CCN(C(=O)CN3C(=O)[C@@H]4[C@H](C3=O)[C@H]3C=C[C@H]4C3)C[C@H]2C)c1. The van der Waals surface area contributed by atoms with Crippen LogP contribution in [-0.2, 0) is 14.4 Å². The van der Waals surface area contributed by atoms with E-state index < -0.39 is 0 Å². The maximum Gasteiger partial charge on any atom is 0.242 e. The van der Waals surface area contributed by atoms with Gasteiger partial charge in [0, 0.05) is 31.4 Å². The predicted octanol–water partition coefficient (Wildman–Crippen LogP) is 1.84. The molecule has 5 rings (SSSR count). The molecule has 0 radical (unpaired) electrons.